The summed E-state index contributed by atoms with van der Waals surface area (Å²) in [6.45, 7) is 4.23. The zero-order valence-electron chi connectivity index (χ0n) is 17.5. The predicted octanol–water partition coefficient (Wildman–Crippen LogP) is 4.81. The van der Waals surface area contributed by atoms with E-state index in [0.717, 1.165) is 11.1 Å². The first-order valence-electron chi connectivity index (χ1n) is 9.93. The zero-order chi connectivity index (χ0) is 22.6. The molecule has 4 rings (SSSR count). The average molecular weight is 484 g/mol. The highest BCUT2D eigenvalue weighted by atomic mass is 35.5. The summed E-state index contributed by atoms with van der Waals surface area (Å²) in [6.07, 6.45) is 0.921. The van der Waals surface area contributed by atoms with E-state index in [4.69, 9.17) is 32.7 Å². The Labute approximate surface area is 192 Å². The molecule has 0 amide bonds. The predicted molar refractivity (Wildman–Crippen MR) is 119 cm³/mol. The van der Waals surface area contributed by atoms with E-state index in [1.54, 1.807) is 24.3 Å². The Morgan fingerprint density at radius 1 is 1.06 bits per heavy atom. The van der Waals surface area contributed by atoms with Crippen LogP contribution in [0.25, 0.3) is 0 Å². The molecule has 0 bridgehead atoms. The number of rotatable bonds is 3. The van der Waals surface area contributed by atoms with Crippen LogP contribution in [0.15, 0.2) is 29.2 Å². The van der Waals surface area contributed by atoms with E-state index in [2.05, 4.69) is 0 Å². The summed E-state index contributed by atoms with van der Waals surface area (Å²) in [4.78, 5) is 12.9. The number of fused-ring (bicyclic) bond motifs is 1. The van der Waals surface area contributed by atoms with Crippen LogP contribution >= 0.6 is 23.2 Å². The third-order valence-electron chi connectivity index (χ3n) is 6.14. The Balaban J connectivity index is 1.59. The molecule has 0 saturated carbocycles. The standard InChI is InChI=1S/C22H23Cl2NO5S/c1-13-8-19(29-3)20(9-14(13)2)31(27,28)25-6-4-22(5-7-25)12-18(26)16-10-15(23)11-17(24)21(16)30-22/h8-11H,4-7,12H2,1-3H3. The fourth-order valence-electron chi connectivity index (χ4n) is 4.19. The molecule has 1 saturated heterocycles. The minimum absolute atomic E-state index is 0.0993. The summed E-state index contributed by atoms with van der Waals surface area (Å²) >= 11 is 12.3. The van der Waals surface area contributed by atoms with E-state index >= 15 is 0 Å². The Kier molecular flexibility index (Phi) is 5.75. The van der Waals surface area contributed by atoms with Crippen molar-refractivity contribution in [1.29, 1.82) is 0 Å². The molecule has 1 spiro atoms. The number of ketones is 1. The number of piperidine rings is 1. The molecule has 2 aromatic carbocycles. The summed E-state index contributed by atoms with van der Waals surface area (Å²) in [5.74, 6) is 0.553. The van der Waals surface area contributed by atoms with Crippen molar-refractivity contribution in [3.05, 3.63) is 51.0 Å². The smallest absolute Gasteiger partial charge is 0.246 e. The van der Waals surface area contributed by atoms with Crippen molar-refractivity contribution >= 4 is 39.0 Å². The first-order valence-corrected chi connectivity index (χ1v) is 12.1. The molecule has 2 heterocycles. The van der Waals surface area contributed by atoms with Crippen molar-refractivity contribution in [2.75, 3.05) is 20.2 Å². The minimum atomic E-state index is -3.76. The van der Waals surface area contributed by atoms with Gasteiger partial charge in [-0.05, 0) is 49.2 Å². The lowest BCUT2D eigenvalue weighted by Gasteiger charge is -2.43. The van der Waals surface area contributed by atoms with Gasteiger partial charge in [-0.1, -0.05) is 23.2 Å². The van der Waals surface area contributed by atoms with Crippen LogP contribution in [0.1, 0.15) is 40.7 Å². The van der Waals surface area contributed by atoms with Crippen LogP contribution in [0.3, 0.4) is 0 Å². The van der Waals surface area contributed by atoms with Crippen molar-refractivity contribution in [2.45, 2.75) is 43.6 Å². The molecule has 31 heavy (non-hydrogen) atoms. The Bertz CT molecular complexity index is 1170. The van der Waals surface area contributed by atoms with Gasteiger partial charge in [-0.2, -0.15) is 4.31 Å². The maximum Gasteiger partial charge on any atom is 0.246 e. The Hall–Kier alpha value is -1.80. The second-order valence-corrected chi connectivity index (χ2v) is 10.9. The lowest BCUT2D eigenvalue weighted by Crippen LogP contribution is -2.52. The highest BCUT2D eigenvalue weighted by molar-refractivity contribution is 7.89. The van der Waals surface area contributed by atoms with Gasteiger partial charge in [0.1, 0.15) is 22.0 Å². The molecular formula is C22H23Cl2NO5S. The minimum Gasteiger partial charge on any atom is -0.495 e. The van der Waals surface area contributed by atoms with Gasteiger partial charge in [0.25, 0.3) is 0 Å². The van der Waals surface area contributed by atoms with E-state index in [0.29, 0.717) is 34.9 Å². The molecule has 2 aliphatic rings. The Morgan fingerprint density at radius 3 is 2.35 bits per heavy atom. The van der Waals surface area contributed by atoms with Gasteiger partial charge >= 0.3 is 0 Å². The quantitative estimate of drug-likeness (QED) is 0.626. The molecule has 0 atom stereocenters. The van der Waals surface area contributed by atoms with Gasteiger partial charge in [-0.3, -0.25) is 4.79 Å². The molecular weight excluding hydrogens is 461 g/mol. The normalized spacial score (nSPS) is 18.5. The van der Waals surface area contributed by atoms with Gasteiger partial charge < -0.3 is 9.47 Å². The topological polar surface area (TPSA) is 72.9 Å². The third-order valence-corrected chi connectivity index (χ3v) is 8.56. The van der Waals surface area contributed by atoms with Crippen molar-refractivity contribution in [2.24, 2.45) is 0 Å². The molecule has 1 fully saturated rings. The molecule has 0 N–H and O–H groups in total. The largest absolute Gasteiger partial charge is 0.495 e. The van der Waals surface area contributed by atoms with Gasteiger partial charge in [-0.15, -0.1) is 0 Å². The van der Waals surface area contributed by atoms with Crippen LogP contribution in [0.5, 0.6) is 11.5 Å². The van der Waals surface area contributed by atoms with Crippen LogP contribution in [0, 0.1) is 13.8 Å². The summed E-state index contributed by atoms with van der Waals surface area (Å²) < 4.78 is 39.7. The van der Waals surface area contributed by atoms with Crippen LogP contribution < -0.4 is 9.47 Å². The van der Waals surface area contributed by atoms with Gasteiger partial charge in [-0.25, -0.2) is 8.42 Å². The molecule has 0 aromatic heterocycles. The molecule has 0 unspecified atom stereocenters. The van der Waals surface area contributed by atoms with Gasteiger partial charge in [0, 0.05) is 31.0 Å². The van der Waals surface area contributed by atoms with Crippen LogP contribution in [-0.4, -0.2) is 44.3 Å². The molecule has 0 aliphatic carbocycles. The first-order chi connectivity index (χ1) is 14.6. The zero-order valence-corrected chi connectivity index (χ0v) is 19.8. The third kappa shape index (κ3) is 3.93. The summed E-state index contributed by atoms with van der Waals surface area (Å²) in [5.41, 5.74) is 1.43. The van der Waals surface area contributed by atoms with Gasteiger partial charge in [0.2, 0.25) is 10.0 Å². The van der Waals surface area contributed by atoms with E-state index in [-0.39, 0.29) is 35.2 Å². The van der Waals surface area contributed by atoms with Crippen molar-refractivity contribution in [3.8, 4) is 11.5 Å². The van der Waals surface area contributed by atoms with Crippen LogP contribution in [0.4, 0.5) is 0 Å². The van der Waals surface area contributed by atoms with E-state index in [1.165, 1.54) is 11.4 Å². The van der Waals surface area contributed by atoms with E-state index < -0.39 is 15.6 Å². The molecule has 166 valence electrons. The number of hydrogen-bond donors (Lipinski definition) is 0. The molecule has 0 radical (unpaired) electrons. The van der Waals surface area contributed by atoms with E-state index in [1.807, 2.05) is 13.8 Å². The number of Topliss-reactive ketones (excluding diaryl/α,β-unsaturated/α-hetero) is 1. The summed E-state index contributed by atoms with van der Waals surface area (Å²) in [7, 11) is -2.30. The van der Waals surface area contributed by atoms with Crippen molar-refractivity contribution in [1.82, 2.24) is 4.31 Å². The fourth-order valence-corrected chi connectivity index (χ4v) is 6.38. The lowest BCUT2D eigenvalue weighted by molar-refractivity contribution is 0.00597. The highest BCUT2D eigenvalue weighted by Gasteiger charge is 2.46. The van der Waals surface area contributed by atoms with Crippen molar-refractivity contribution in [3.63, 3.8) is 0 Å². The number of benzene rings is 2. The summed E-state index contributed by atoms with van der Waals surface area (Å²) in [6, 6.07) is 6.48. The molecule has 9 heteroatoms. The number of halogens is 2. The molecule has 2 aliphatic heterocycles. The second kappa shape index (κ2) is 7.96. The number of ether oxygens (including phenoxy) is 2. The number of sulfonamides is 1. The van der Waals surface area contributed by atoms with Crippen LogP contribution in [0.2, 0.25) is 10.0 Å². The summed E-state index contributed by atoms with van der Waals surface area (Å²) in [5, 5.41) is 0.657. The van der Waals surface area contributed by atoms with Gasteiger partial charge in [0.15, 0.2) is 5.78 Å². The number of carbonyl (C=O) groups excluding carboxylic acids is 1. The van der Waals surface area contributed by atoms with Gasteiger partial charge in [0.05, 0.1) is 24.1 Å². The number of hydrogen-bond acceptors (Lipinski definition) is 5. The van der Waals surface area contributed by atoms with Crippen molar-refractivity contribution < 1.29 is 22.7 Å². The van der Waals surface area contributed by atoms with E-state index in [9.17, 15) is 13.2 Å². The average Bonchev–Trinajstić information content (AvgIpc) is 2.71. The lowest BCUT2D eigenvalue weighted by atomic mass is 9.83. The maximum absolute atomic E-state index is 13.4. The maximum atomic E-state index is 13.4. The highest BCUT2D eigenvalue weighted by Crippen LogP contribution is 2.44. The number of nitrogens with zero attached hydrogens (tertiary/aromatic N) is 1. The number of carbonyl (C=O) groups is 1. The second-order valence-electron chi connectivity index (χ2n) is 8.14. The molecule has 2 aromatic rings. The fraction of sp³-hybridized carbons (Fsp3) is 0.409. The molecule has 6 nitrogen and oxygen atoms in total. The SMILES string of the molecule is COc1cc(C)c(C)cc1S(=O)(=O)N1CCC2(CC1)CC(=O)c1cc(Cl)cc(Cl)c1O2. The number of methoxy groups -OCH3 is 1. The van der Waals surface area contributed by atoms with Crippen LogP contribution in [-0.2, 0) is 10.0 Å². The number of aryl methyl sites for hydroxylation is 2. The Morgan fingerprint density at radius 2 is 1.71 bits per heavy atom. The monoisotopic (exact) mass is 483 g/mol. The first kappa shape index (κ1) is 22.4.